The number of benzene rings is 2. The first kappa shape index (κ1) is 22.1. The Morgan fingerprint density at radius 2 is 1.94 bits per heavy atom. The van der Waals surface area contributed by atoms with Crippen molar-refractivity contribution in [3.05, 3.63) is 70.4 Å². The van der Waals surface area contributed by atoms with Crippen LogP contribution in [0.25, 0.3) is 11.3 Å². The van der Waals surface area contributed by atoms with Gasteiger partial charge in [-0.25, -0.2) is 4.79 Å². The Labute approximate surface area is 184 Å². The molecule has 0 aliphatic rings. The summed E-state index contributed by atoms with van der Waals surface area (Å²) in [5, 5.41) is 15.7. The summed E-state index contributed by atoms with van der Waals surface area (Å²) < 4.78 is 10.9. The number of carbonyl (C=O) groups excluding carboxylic acids is 2. The summed E-state index contributed by atoms with van der Waals surface area (Å²) in [6.45, 7) is 3.43. The van der Waals surface area contributed by atoms with Crippen LogP contribution in [0, 0.1) is 18.3 Å². The molecular weight excluding hydrogens is 418 g/mol. The molecule has 8 heteroatoms. The first-order valence-corrected chi connectivity index (χ1v) is 9.93. The zero-order valence-electron chi connectivity index (χ0n) is 17.0. The molecule has 3 rings (SSSR count). The predicted octanol–water partition coefficient (Wildman–Crippen LogP) is 5.64. The normalized spacial score (nSPS) is 11.4. The summed E-state index contributed by atoms with van der Waals surface area (Å²) in [7, 11) is 0. The maximum Gasteiger partial charge on any atom is 0.412 e. The summed E-state index contributed by atoms with van der Waals surface area (Å²) in [6.07, 6.45) is -1.16. The first-order valence-electron chi connectivity index (χ1n) is 9.55. The number of ether oxygens (including phenoxy) is 1. The number of rotatable bonds is 7. The van der Waals surface area contributed by atoms with Crippen molar-refractivity contribution >= 4 is 29.2 Å². The lowest BCUT2D eigenvalue weighted by molar-refractivity contribution is -0.117. The van der Waals surface area contributed by atoms with E-state index in [0.29, 0.717) is 33.3 Å². The van der Waals surface area contributed by atoms with Crippen LogP contribution in [-0.4, -0.2) is 17.0 Å². The molecule has 0 spiro atoms. The van der Waals surface area contributed by atoms with Crippen molar-refractivity contribution in [1.82, 2.24) is 5.16 Å². The molecule has 0 saturated heterocycles. The Morgan fingerprint density at radius 3 is 2.61 bits per heavy atom. The van der Waals surface area contributed by atoms with Crippen molar-refractivity contribution in [2.75, 3.05) is 5.32 Å². The van der Waals surface area contributed by atoms with Crippen molar-refractivity contribution < 1.29 is 18.8 Å². The monoisotopic (exact) mass is 437 g/mol. The maximum absolute atomic E-state index is 12.5. The maximum atomic E-state index is 12.5. The van der Waals surface area contributed by atoms with E-state index in [9.17, 15) is 9.59 Å². The highest BCUT2D eigenvalue weighted by molar-refractivity contribution is 6.31. The number of hydrogen-bond donors (Lipinski definition) is 1. The second-order valence-electron chi connectivity index (χ2n) is 6.91. The number of ketones is 1. The molecule has 0 fully saturated rings. The van der Waals surface area contributed by atoms with E-state index in [0.717, 1.165) is 5.56 Å². The van der Waals surface area contributed by atoms with Crippen molar-refractivity contribution in [2.45, 2.75) is 32.8 Å². The molecule has 7 nitrogen and oxygen atoms in total. The quantitative estimate of drug-likeness (QED) is 0.512. The minimum Gasteiger partial charge on any atom is -0.441 e. The van der Waals surface area contributed by atoms with Gasteiger partial charge in [0, 0.05) is 22.6 Å². The van der Waals surface area contributed by atoms with E-state index in [1.807, 2.05) is 12.1 Å². The number of amides is 1. The zero-order valence-corrected chi connectivity index (χ0v) is 17.8. The average Bonchev–Trinajstić information content (AvgIpc) is 3.09. The highest BCUT2D eigenvalue weighted by Crippen LogP contribution is 2.32. The van der Waals surface area contributed by atoms with E-state index in [1.54, 1.807) is 56.3 Å². The van der Waals surface area contributed by atoms with Crippen LogP contribution in [0.4, 0.5) is 10.5 Å². The third kappa shape index (κ3) is 5.50. The van der Waals surface area contributed by atoms with Gasteiger partial charge in [-0.3, -0.25) is 10.1 Å². The SMILES string of the molecule is Cc1noc(-c2ccc(CC(=O)CC#N)cc2)c1NC(=O)OC(C)c1ccccc1Cl. The molecule has 0 radical (unpaired) electrons. The molecule has 0 aliphatic carbocycles. The van der Waals surface area contributed by atoms with Crippen molar-refractivity contribution in [3.63, 3.8) is 0 Å². The van der Waals surface area contributed by atoms with Crippen LogP contribution in [0.15, 0.2) is 53.1 Å². The van der Waals surface area contributed by atoms with Gasteiger partial charge in [0.2, 0.25) is 0 Å². The largest absolute Gasteiger partial charge is 0.441 e. The molecule has 3 aromatic rings. The fourth-order valence-electron chi connectivity index (χ4n) is 3.03. The van der Waals surface area contributed by atoms with Gasteiger partial charge in [-0.1, -0.05) is 59.2 Å². The van der Waals surface area contributed by atoms with Gasteiger partial charge < -0.3 is 9.26 Å². The lowest BCUT2D eigenvalue weighted by atomic mass is 10.0. The summed E-state index contributed by atoms with van der Waals surface area (Å²) in [6, 6.07) is 16.0. The number of halogens is 1. The van der Waals surface area contributed by atoms with E-state index in [2.05, 4.69) is 10.5 Å². The van der Waals surface area contributed by atoms with E-state index >= 15 is 0 Å². The van der Waals surface area contributed by atoms with E-state index in [4.69, 9.17) is 26.1 Å². The Kier molecular flexibility index (Phi) is 7.06. The fourth-order valence-corrected chi connectivity index (χ4v) is 3.32. The van der Waals surface area contributed by atoms with Gasteiger partial charge in [0.15, 0.2) is 11.5 Å². The van der Waals surface area contributed by atoms with Crippen molar-refractivity contribution in [2.24, 2.45) is 0 Å². The summed E-state index contributed by atoms with van der Waals surface area (Å²) in [5.41, 5.74) is 3.03. The smallest absolute Gasteiger partial charge is 0.412 e. The van der Waals surface area contributed by atoms with Gasteiger partial charge in [0.25, 0.3) is 0 Å². The number of hydrogen-bond acceptors (Lipinski definition) is 6. The van der Waals surface area contributed by atoms with Crippen molar-refractivity contribution in [1.29, 1.82) is 5.26 Å². The number of aryl methyl sites for hydroxylation is 1. The number of nitrogens with zero attached hydrogens (tertiary/aromatic N) is 2. The van der Waals surface area contributed by atoms with E-state index in [-0.39, 0.29) is 18.6 Å². The third-order valence-electron chi connectivity index (χ3n) is 4.61. The number of carbonyl (C=O) groups is 2. The molecule has 0 bridgehead atoms. The van der Waals surface area contributed by atoms with Crippen LogP contribution < -0.4 is 5.32 Å². The molecule has 1 atom stereocenters. The standard InChI is InChI=1S/C23H20ClN3O4/c1-14-21(26-23(29)30-15(2)19-5-3-4-6-20(19)24)22(31-27-14)17-9-7-16(8-10-17)13-18(28)11-12-25/h3-10,15H,11,13H2,1-2H3,(H,26,29). The van der Waals surface area contributed by atoms with Gasteiger partial charge in [-0.15, -0.1) is 0 Å². The molecular formula is C23H20ClN3O4. The van der Waals surface area contributed by atoms with Gasteiger partial charge in [0.1, 0.15) is 17.5 Å². The number of anilines is 1. The van der Waals surface area contributed by atoms with E-state index in [1.165, 1.54) is 0 Å². The van der Waals surface area contributed by atoms with Crippen LogP contribution in [0.3, 0.4) is 0 Å². The Balaban J connectivity index is 1.72. The number of aromatic nitrogens is 1. The molecule has 2 aromatic carbocycles. The molecule has 1 unspecified atom stereocenters. The molecule has 0 aliphatic heterocycles. The molecule has 158 valence electrons. The minimum absolute atomic E-state index is 0.119. The summed E-state index contributed by atoms with van der Waals surface area (Å²) in [4.78, 5) is 24.1. The molecule has 1 heterocycles. The fraction of sp³-hybridized carbons (Fsp3) is 0.217. The van der Waals surface area contributed by atoms with Crippen LogP contribution in [-0.2, 0) is 16.0 Å². The Morgan fingerprint density at radius 1 is 1.23 bits per heavy atom. The average molecular weight is 438 g/mol. The number of Topliss-reactive ketones (excluding diaryl/α,β-unsaturated/α-hetero) is 1. The van der Waals surface area contributed by atoms with Crippen LogP contribution >= 0.6 is 11.6 Å². The molecule has 31 heavy (non-hydrogen) atoms. The molecule has 1 N–H and O–H groups in total. The van der Waals surface area contributed by atoms with Crippen molar-refractivity contribution in [3.8, 4) is 17.4 Å². The second-order valence-corrected chi connectivity index (χ2v) is 7.32. The highest BCUT2D eigenvalue weighted by Gasteiger charge is 2.20. The van der Waals surface area contributed by atoms with Crippen LogP contribution in [0.5, 0.6) is 0 Å². The van der Waals surface area contributed by atoms with Gasteiger partial charge in [-0.05, 0) is 25.5 Å². The van der Waals surface area contributed by atoms with Gasteiger partial charge >= 0.3 is 6.09 Å². The van der Waals surface area contributed by atoms with Gasteiger partial charge in [-0.2, -0.15) is 5.26 Å². The highest BCUT2D eigenvalue weighted by atomic mass is 35.5. The summed E-state index contributed by atoms with van der Waals surface area (Å²) >= 11 is 6.16. The molecule has 1 aromatic heterocycles. The molecule has 1 amide bonds. The van der Waals surface area contributed by atoms with Crippen LogP contribution in [0.2, 0.25) is 5.02 Å². The number of nitriles is 1. The predicted molar refractivity (Wildman–Crippen MR) is 116 cm³/mol. The number of nitrogens with one attached hydrogen (secondary N) is 1. The minimum atomic E-state index is -0.668. The van der Waals surface area contributed by atoms with E-state index < -0.39 is 12.2 Å². The molecule has 0 saturated carbocycles. The Bertz CT molecular complexity index is 1130. The topological polar surface area (TPSA) is 105 Å². The first-order chi connectivity index (χ1) is 14.9. The lowest BCUT2D eigenvalue weighted by Crippen LogP contribution is -2.17. The van der Waals surface area contributed by atoms with Gasteiger partial charge in [0.05, 0.1) is 12.5 Å². The second kappa shape index (κ2) is 9.92. The van der Waals surface area contributed by atoms with Crippen LogP contribution in [0.1, 0.15) is 36.3 Å². The Hall–Kier alpha value is -3.63. The summed E-state index contributed by atoms with van der Waals surface area (Å²) in [5.74, 6) is 0.221. The zero-order chi connectivity index (χ0) is 22.4. The third-order valence-corrected chi connectivity index (χ3v) is 4.95. The lowest BCUT2D eigenvalue weighted by Gasteiger charge is -2.15.